The molecule has 0 radical (unpaired) electrons. The van der Waals surface area contributed by atoms with Crippen LogP contribution in [0.5, 0.6) is 0 Å². The molecular formula is C16H22N2O6S. The van der Waals surface area contributed by atoms with Crippen LogP contribution in [0.4, 0.5) is 0 Å². The van der Waals surface area contributed by atoms with Crippen LogP contribution in [0.2, 0.25) is 0 Å². The third kappa shape index (κ3) is 5.25. The first-order valence-corrected chi connectivity index (χ1v) is 9.43. The zero-order valence-corrected chi connectivity index (χ0v) is 14.8. The van der Waals surface area contributed by atoms with Gasteiger partial charge in [0.2, 0.25) is 15.9 Å². The van der Waals surface area contributed by atoms with Crippen molar-refractivity contribution in [2.45, 2.75) is 30.7 Å². The molecule has 0 unspecified atom stereocenters. The van der Waals surface area contributed by atoms with Gasteiger partial charge < -0.3 is 15.2 Å². The first-order chi connectivity index (χ1) is 11.8. The number of nitrogens with one attached hydrogen (secondary N) is 1. The number of ether oxygens (including phenoxy) is 1. The fourth-order valence-electron chi connectivity index (χ4n) is 2.40. The van der Waals surface area contributed by atoms with Crippen LogP contribution in [0.25, 0.3) is 0 Å². The van der Waals surface area contributed by atoms with Gasteiger partial charge in [0.25, 0.3) is 0 Å². The fraction of sp³-hybridized carbons (Fsp3) is 0.500. The highest BCUT2D eigenvalue weighted by molar-refractivity contribution is 7.89. The zero-order chi connectivity index (χ0) is 18.4. The van der Waals surface area contributed by atoms with Crippen LogP contribution in [0.1, 0.15) is 18.9 Å². The second-order valence-corrected chi connectivity index (χ2v) is 7.73. The Balaban J connectivity index is 1.93. The van der Waals surface area contributed by atoms with Gasteiger partial charge in [-0.3, -0.25) is 9.59 Å². The Bertz CT molecular complexity index is 711. The van der Waals surface area contributed by atoms with Crippen LogP contribution in [0.15, 0.2) is 29.2 Å². The first kappa shape index (κ1) is 19.4. The molecule has 1 aliphatic heterocycles. The number of carboxylic acids is 1. The number of benzene rings is 1. The maximum absolute atomic E-state index is 12.5. The van der Waals surface area contributed by atoms with Crippen molar-refractivity contribution in [2.24, 2.45) is 0 Å². The third-order valence-corrected chi connectivity index (χ3v) is 5.83. The van der Waals surface area contributed by atoms with Gasteiger partial charge in [0.1, 0.15) is 6.04 Å². The van der Waals surface area contributed by atoms with Gasteiger partial charge in [0.05, 0.1) is 18.1 Å². The van der Waals surface area contributed by atoms with Crippen molar-refractivity contribution in [2.75, 3.05) is 26.3 Å². The monoisotopic (exact) mass is 370 g/mol. The summed E-state index contributed by atoms with van der Waals surface area (Å²) in [6.45, 7) is 2.85. The highest BCUT2D eigenvalue weighted by Gasteiger charge is 2.26. The van der Waals surface area contributed by atoms with E-state index in [0.717, 1.165) is 5.56 Å². The van der Waals surface area contributed by atoms with Crippen molar-refractivity contribution < 1.29 is 27.9 Å². The van der Waals surface area contributed by atoms with Crippen molar-refractivity contribution >= 4 is 21.9 Å². The van der Waals surface area contributed by atoms with E-state index in [-0.39, 0.29) is 17.2 Å². The molecule has 1 heterocycles. The number of nitrogens with zero attached hydrogens (tertiary/aromatic N) is 1. The molecule has 2 rings (SSSR count). The Morgan fingerprint density at radius 2 is 1.84 bits per heavy atom. The third-order valence-electron chi connectivity index (χ3n) is 3.92. The Hall–Kier alpha value is -1.97. The summed E-state index contributed by atoms with van der Waals surface area (Å²) >= 11 is 0. The summed E-state index contributed by atoms with van der Waals surface area (Å²) < 4.78 is 31.6. The summed E-state index contributed by atoms with van der Waals surface area (Å²) in [5.74, 6) is -1.45. The van der Waals surface area contributed by atoms with Gasteiger partial charge in [-0.25, -0.2) is 8.42 Å². The maximum Gasteiger partial charge on any atom is 0.325 e. The minimum atomic E-state index is -3.53. The lowest BCUT2D eigenvalue weighted by atomic mass is 10.1. The van der Waals surface area contributed by atoms with Gasteiger partial charge in [0, 0.05) is 19.5 Å². The Kier molecular flexibility index (Phi) is 6.51. The molecule has 1 fully saturated rings. The average Bonchev–Trinajstić information content (AvgIpc) is 2.61. The smallest absolute Gasteiger partial charge is 0.325 e. The predicted molar refractivity (Wildman–Crippen MR) is 89.6 cm³/mol. The second kappa shape index (κ2) is 8.41. The topological polar surface area (TPSA) is 113 Å². The molecule has 8 nitrogen and oxygen atoms in total. The van der Waals surface area contributed by atoms with Gasteiger partial charge >= 0.3 is 5.97 Å². The maximum atomic E-state index is 12.5. The highest BCUT2D eigenvalue weighted by atomic mass is 32.2. The Morgan fingerprint density at radius 1 is 1.24 bits per heavy atom. The van der Waals surface area contributed by atoms with E-state index in [1.165, 1.54) is 23.4 Å². The van der Waals surface area contributed by atoms with Crippen LogP contribution < -0.4 is 5.32 Å². The molecule has 1 aliphatic rings. The zero-order valence-electron chi connectivity index (χ0n) is 14.0. The number of rotatable bonds is 7. The second-order valence-electron chi connectivity index (χ2n) is 5.79. The molecule has 1 atom stereocenters. The quantitative estimate of drug-likeness (QED) is 0.710. The lowest BCUT2D eigenvalue weighted by molar-refractivity contribution is -0.141. The summed E-state index contributed by atoms with van der Waals surface area (Å²) in [6.07, 6.45) is 0.531. The number of morpholine rings is 1. The fourth-order valence-corrected chi connectivity index (χ4v) is 3.81. The number of hydrogen-bond acceptors (Lipinski definition) is 5. The largest absolute Gasteiger partial charge is 0.480 e. The molecule has 0 aromatic heterocycles. The molecule has 0 bridgehead atoms. The molecule has 25 heavy (non-hydrogen) atoms. The van der Waals surface area contributed by atoms with E-state index in [2.05, 4.69) is 5.32 Å². The van der Waals surface area contributed by atoms with E-state index in [9.17, 15) is 18.0 Å². The van der Waals surface area contributed by atoms with E-state index < -0.39 is 22.0 Å². The minimum absolute atomic E-state index is 0.132. The summed E-state index contributed by atoms with van der Waals surface area (Å²) in [7, 11) is -3.53. The van der Waals surface area contributed by atoms with Crippen LogP contribution in [0, 0.1) is 0 Å². The van der Waals surface area contributed by atoms with E-state index in [0.29, 0.717) is 32.7 Å². The number of amides is 1. The molecule has 0 spiro atoms. The van der Waals surface area contributed by atoms with Gasteiger partial charge in [0.15, 0.2) is 0 Å². The highest BCUT2D eigenvalue weighted by Crippen LogP contribution is 2.18. The summed E-state index contributed by atoms with van der Waals surface area (Å²) in [6, 6.07) is 5.45. The van der Waals surface area contributed by atoms with Crippen molar-refractivity contribution in [3.8, 4) is 0 Å². The number of carboxylic acid groups (broad SMARTS) is 1. The lowest BCUT2D eigenvalue weighted by Gasteiger charge is -2.26. The number of hydrogen-bond donors (Lipinski definition) is 2. The van der Waals surface area contributed by atoms with Crippen molar-refractivity contribution in [1.82, 2.24) is 9.62 Å². The number of carbonyl (C=O) groups excluding carboxylic acids is 1. The molecule has 2 N–H and O–H groups in total. The number of aliphatic carboxylic acids is 1. The average molecular weight is 370 g/mol. The molecule has 1 aromatic carbocycles. The van der Waals surface area contributed by atoms with Crippen molar-refractivity contribution in [3.05, 3.63) is 29.8 Å². The van der Waals surface area contributed by atoms with Crippen molar-refractivity contribution in [1.29, 1.82) is 0 Å². The normalized spacial score (nSPS) is 17.0. The van der Waals surface area contributed by atoms with E-state index in [1.807, 2.05) is 0 Å². The Morgan fingerprint density at radius 3 is 2.40 bits per heavy atom. The van der Waals surface area contributed by atoms with E-state index in [1.54, 1.807) is 12.1 Å². The van der Waals surface area contributed by atoms with Crippen LogP contribution in [0.3, 0.4) is 0 Å². The molecule has 1 saturated heterocycles. The number of carbonyl (C=O) groups is 2. The molecule has 138 valence electrons. The van der Waals surface area contributed by atoms with Gasteiger partial charge in [-0.2, -0.15) is 4.31 Å². The number of aryl methyl sites for hydroxylation is 1. The predicted octanol–water partition coefficient (Wildman–Crippen LogP) is 0.229. The summed E-state index contributed by atoms with van der Waals surface area (Å²) in [5.41, 5.74) is 0.805. The summed E-state index contributed by atoms with van der Waals surface area (Å²) in [5, 5.41) is 11.1. The molecule has 1 aromatic rings. The molecule has 1 amide bonds. The molecule has 0 aliphatic carbocycles. The minimum Gasteiger partial charge on any atom is -0.480 e. The molecular weight excluding hydrogens is 348 g/mol. The van der Waals surface area contributed by atoms with Crippen LogP contribution in [-0.2, 0) is 30.8 Å². The van der Waals surface area contributed by atoms with Crippen LogP contribution >= 0.6 is 0 Å². The molecule has 0 saturated carbocycles. The first-order valence-electron chi connectivity index (χ1n) is 7.99. The van der Waals surface area contributed by atoms with Crippen molar-refractivity contribution in [3.63, 3.8) is 0 Å². The molecule has 9 heteroatoms. The lowest BCUT2D eigenvalue weighted by Crippen LogP contribution is -2.40. The van der Waals surface area contributed by atoms with Gasteiger partial charge in [-0.15, -0.1) is 0 Å². The summed E-state index contributed by atoms with van der Waals surface area (Å²) in [4.78, 5) is 22.6. The standard InChI is InChI=1S/C16H22N2O6S/c1-12(16(20)21)17-15(19)7-4-13-2-5-14(6-3-13)25(22,23)18-8-10-24-11-9-18/h2-3,5-6,12H,4,7-11H2,1H3,(H,17,19)(H,20,21)/t12-/m1/s1. The van der Waals surface area contributed by atoms with E-state index in [4.69, 9.17) is 9.84 Å². The van der Waals surface area contributed by atoms with Gasteiger partial charge in [-0.05, 0) is 31.0 Å². The SMILES string of the molecule is C[C@@H](NC(=O)CCc1ccc(S(=O)(=O)N2CCOCC2)cc1)C(=O)O. The van der Waals surface area contributed by atoms with E-state index >= 15 is 0 Å². The Labute approximate surface area is 146 Å². The number of sulfonamides is 1. The van der Waals surface area contributed by atoms with Crippen LogP contribution in [-0.4, -0.2) is 62.1 Å². The van der Waals surface area contributed by atoms with Gasteiger partial charge in [-0.1, -0.05) is 12.1 Å².